The Morgan fingerprint density at radius 2 is 1.92 bits per heavy atom. The first-order valence-electron chi connectivity index (χ1n) is 7.64. The third-order valence-electron chi connectivity index (χ3n) is 4.35. The van der Waals surface area contributed by atoms with Crippen molar-refractivity contribution in [1.29, 1.82) is 0 Å². The summed E-state index contributed by atoms with van der Waals surface area (Å²) in [5.41, 5.74) is 1.47. The SMILES string of the molecule is COC(=O)C1Cc2ncn(C)c2CN1C(=O)c1ccccc1C(=O)O. The van der Waals surface area contributed by atoms with E-state index in [4.69, 9.17) is 4.74 Å². The number of carbonyl (C=O) groups excluding carboxylic acids is 2. The highest BCUT2D eigenvalue weighted by Crippen LogP contribution is 2.25. The number of benzene rings is 1. The van der Waals surface area contributed by atoms with Crippen LogP contribution in [-0.4, -0.2) is 50.6 Å². The zero-order chi connectivity index (χ0) is 18.1. The normalized spacial score (nSPS) is 16.2. The highest BCUT2D eigenvalue weighted by atomic mass is 16.5. The van der Waals surface area contributed by atoms with Crippen LogP contribution >= 0.6 is 0 Å². The predicted octanol–water partition coefficient (Wildman–Crippen LogP) is 0.858. The first kappa shape index (κ1) is 16.7. The number of imidazole rings is 1. The zero-order valence-electron chi connectivity index (χ0n) is 13.8. The number of rotatable bonds is 3. The molecule has 1 atom stereocenters. The van der Waals surface area contributed by atoms with E-state index in [0.717, 1.165) is 11.4 Å². The largest absolute Gasteiger partial charge is 0.478 e. The summed E-state index contributed by atoms with van der Waals surface area (Å²) in [5, 5.41) is 9.33. The molecule has 0 aliphatic carbocycles. The van der Waals surface area contributed by atoms with Gasteiger partial charge in [-0.05, 0) is 12.1 Å². The van der Waals surface area contributed by atoms with Gasteiger partial charge in [-0.25, -0.2) is 14.6 Å². The summed E-state index contributed by atoms with van der Waals surface area (Å²) in [6.07, 6.45) is 1.85. The number of carboxylic acid groups (broad SMARTS) is 1. The van der Waals surface area contributed by atoms with E-state index in [1.165, 1.54) is 24.1 Å². The van der Waals surface area contributed by atoms with Crippen molar-refractivity contribution in [2.45, 2.75) is 19.0 Å². The third kappa shape index (κ3) is 2.86. The molecule has 8 heteroatoms. The van der Waals surface area contributed by atoms with E-state index in [9.17, 15) is 19.5 Å². The number of aromatic nitrogens is 2. The van der Waals surface area contributed by atoms with Gasteiger partial charge < -0.3 is 19.3 Å². The van der Waals surface area contributed by atoms with Crippen molar-refractivity contribution in [2.75, 3.05) is 7.11 Å². The van der Waals surface area contributed by atoms with Crippen LogP contribution in [-0.2, 0) is 29.5 Å². The Hall–Kier alpha value is -3.16. The van der Waals surface area contributed by atoms with E-state index in [0.29, 0.717) is 0 Å². The summed E-state index contributed by atoms with van der Waals surface area (Å²) in [4.78, 5) is 42.2. The number of aromatic carboxylic acids is 1. The number of amides is 1. The Morgan fingerprint density at radius 1 is 1.24 bits per heavy atom. The summed E-state index contributed by atoms with van der Waals surface area (Å²) < 4.78 is 6.61. The van der Waals surface area contributed by atoms with Gasteiger partial charge in [0, 0.05) is 13.5 Å². The molecule has 1 aromatic heterocycles. The molecule has 1 aromatic carbocycles. The fraction of sp³-hybridized carbons (Fsp3) is 0.294. The first-order valence-corrected chi connectivity index (χ1v) is 7.64. The number of aryl methyl sites for hydroxylation is 1. The van der Waals surface area contributed by atoms with Gasteiger partial charge in [-0.1, -0.05) is 12.1 Å². The van der Waals surface area contributed by atoms with Gasteiger partial charge in [0.25, 0.3) is 5.91 Å². The van der Waals surface area contributed by atoms with Crippen LogP contribution in [0.5, 0.6) is 0 Å². The maximum Gasteiger partial charge on any atom is 0.336 e. The molecule has 0 spiro atoms. The lowest BCUT2D eigenvalue weighted by atomic mass is 9.99. The number of ether oxygens (including phenoxy) is 1. The van der Waals surface area contributed by atoms with Crippen LogP contribution in [0.4, 0.5) is 0 Å². The number of methoxy groups -OCH3 is 1. The number of carboxylic acids is 1. The van der Waals surface area contributed by atoms with Crippen LogP contribution in [0.3, 0.4) is 0 Å². The topological polar surface area (TPSA) is 102 Å². The number of hydrogen-bond donors (Lipinski definition) is 1. The molecule has 1 N–H and O–H groups in total. The molecule has 0 saturated carbocycles. The summed E-state index contributed by atoms with van der Waals surface area (Å²) in [5.74, 6) is -2.28. The minimum atomic E-state index is -1.20. The van der Waals surface area contributed by atoms with E-state index in [2.05, 4.69) is 4.98 Å². The molecule has 130 valence electrons. The molecule has 1 aliphatic rings. The number of nitrogens with zero attached hydrogens (tertiary/aromatic N) is 3. The van der Waals surface area contributed by atoms with Crippen molar-refractivity contribution >= 4 is 17.8 Å². The maximum absolute atomic E-state index is 13.0. The zero-order valence-corrected chi connectivity index (χ0v) is 13.8. The second-order valence-corrected chi connectivity index (χ2v) is 5.78. The monoisotopic (exact) mass is 343 g/mol. The summed E-state index contributed by atoms with van der Waals surface area (Å²) in [7, 11) is 3.06. The van der Waals surface area contributed by atoms with Gasteiger partial charge in [0.15, 0.2) is 0 Å². The fourth-order valence-electron chi connectivity index (χ4n) is 3.01. The van der Waals surface area contributed by atoms with Gasteiger partial charge in [-0.15, -0.1) is 0 Å². The quantitative estimate of drug-likeness (QED) is 0.830. The highest BCUT2D eigenvalue weighted by molar-refractivity contribution is 6.05. The van der Waals surface area contributed by atoms with Gasteiger partial charge in [0.2, 0.25) is 0 Å². The van der Waals surface area contributed by atoms with Crippen molar-refractivity contribution in [1.82, 2.24) is 14.5 Å². The van der Waals surface area contributed by atoms with E-state index in [-0.39, 0.29) is 24.1 Å². The minimum absolute atomic E-state index is 0.0366. The van der Waals surface area contributed by atoms with Crippen LogP contribution in [0.15, 0.2) is 30.6 Å². The van der Waals surface area contributed by atoms with Gasteiger partial charge >= 0.3 is 11.9 Å². The molecule has 0 fully saturated rings. The first-order chi connectivity index (χ1) is 11.9. The molecule has 0 bridgehead atoms. The Balaban J connectivity index is 2.04. The summed E-state index contributed by atoms with van der Waals surface area (Å²) in [6.45, 7) is 0.151. The number of hydrogen-bond acceptors (Lipinski definition) is 5. The molecular weight excluding hydrogens is 326 g/mol. The van der Waals surface area contributed by atoms with Crippen LogP contribution in [0, 0.1) is 0 Å². The van der Waals surface area contributed by atoms with Crippen molar-refractivity contribution < 1.29 is 24.2 Å². The van der Waals surface area contributed by atoms with E-state index in [1.807, 2.05) is 0 Å². The summed E-state index contributed by atoms with van der Waals surface area (Å²) in [6, 6.07) is 5.10. The second-order valence-electron chi connectivity index (χ2n) is 5.78. The van der Waals surface area contributed by atoms with Crippen LogP contribution < -0.4 is 0 Å². The molecule has 1 unspecified atom stereocenters. The van der Waals surface area contributed by atoms with Crippen LogP contribution in [0.2, 0.25) is 0 Å². The van der Waals surface area contributed by atoms with Crippen molar-refractivity contribution in [3.8, 4) is 0 Å². The molecule has 0 radical (unpaired) electrons. The molecule has 2 aromatic rings. The fourth-order valence-corrected chi connectivity index (χ4v) is 3.01. The smallest absolute Gasteiger partial charge is 0.336 e. The standard InChI is InChI=1S/C17H17N3O5/c1-19-9-18-12-7-13(17(24)25-2)20(8-14(12)19)15(21)10-5-3-4-6-11(10)16(22)23/h3-6,9,13H,7-8H2,1-2H3,(H,22,23). The Bertz CT molecular complexity index is 858. The molecular formula is C17H17N3O5. The van der Waals surface area contributed by atoms with Gasteiger partial charge in [-0.2, -0.15) is 0 Å². The van der Waals surface area contributed by atoms with E-state index < -0.39 is 23.9 Å². The van der Waals surface area contributed by atoms with Crippen LogP contribution in [0.1, 0.15) is 32.1 Å². The van der Waals surface area contributed by atoms with E-state index in [1.54, 1.807) is 30.1 Å². The summed E-state index contributed by atoms with van der Waals surface area (Å²) >= 11 is 0. The van der Waals surface area contributed by atoms with Gasteiger partial charge in [-0.3, -0.25) is 4.79 Å². The average molecular weight is 343 g/mol. The molecule has 2 heterocycles. The van der Waals surface area contributed by atoms with Crippen LogP contribution in [0.25, 0.3) is 0 Å². The highest BCUT2D eigenvalue weighted by Gasteiger charge is 2.38. The molecule has 0 saturated heterocycles. The lowest BCUT2D eigenvalue weighted by molar-refractivity contribution is -0.146. The van der Waals surface area contributed by atoms with Gasteiger partial charge in [0.05, 0.1) is 42.5 Å². The average Bonchev–Trinajstić information content (AvgIpc) is 2.99. The number of carbonyl (C=O) groups is 3. The lowest BCUT2D eigenvalue weighted by Crippen LogP contribution is -2.49. The van der Waals surface area contributed by atoms with Crippen molar-refractivity contribution in [3.63, 3.8) is 0 Å². The molecule has 1 aliphatic heterocycles. The molecule has 25 heavy (non-hydrogen) atoms. The number of esters is 1. The molecule has 8 nitrogen and oxygen atoms in total. The Kier molecular flexibility index (Phi) is 4.26. The third-order valence-corrected chi connectivity index (χ3v) is 4.35. The minimum Gasteiger partial charge on any atom is -0.478 e. The number of fused-ring (bicyclic) bond motifs is 1. The lowest BCUT2D eigenvalue weighted by Gasteiger charge is -2.34. The van der Waals surface area contributed by atoms with Crippen molar-refractivity contribution in [2.24, 2.45) is 7.05 Å². The predicted molar refractivity (Wildman–Crippen MR) is 86.0 cm³/mol. The van der Waals surface area contributed by atoms with E-state index >= 15 is 0 Å². The van der Waals surface area contributed by atoms with Gasteiger partial charge in [0.1, 0.15) is 6.04 Å². The molecule has 1 amide bonds. The molecule has 3 rings (SSSR count). The second kappa shape index (κ2) is 6.39. The van der Waals surface area contributed by atoms with Crippen molar-refractivity contribution in [3.05, 3.63) is 53.1 Å². The maximum atomic E-state index is 13.0. The Labute approximate surface area is 143 Å². The Morgan fingerprint density at radius 3 is 2.56 bits per heavy atom.